The number of ether oxygens (including phenoxy) is 2. The number of aromatic nitrogens is 4. The van der Waals surface area contributed by atoms with Crippen molar-refractivity contribution < 1.29 is 13.9 Å². The number of nitrogens with zero attached hydrogens (tertiary/aromatic N) is 4. The summed E-state index contributed by atoms with van der Waals surface area (Å²) in [6.07, 6.45) is 7.49. The summed E-state index contributed by atoms with van der Waals surface area (Å²) in [6.45, 7) is 5.40. The van der Waals surface area contributed by atoms with Crippen molar-refractivity contribution in [1.82, 2.24) is 20.2 Å². The fourth-order valence-electron chi connectivity index (χ4n) is 4.28. The van der Waals surface area contributed by atoms with Gasteiger partial charge in [-0.05, 0) is 49.3 Å². The third kappa shape index (κ3) is 4.75. The van der Waals surface area contributed by atoms with Gasteiger partial charge in [-0.25, -0.2) is 4.98 Å². The van der Waals surface area contributed by atoms with Gasteiger partial charge in [0.2, 0.25) is 23.6 Å². The monoisotopic (exact) mass is 435 g/mol. The van der Waals surface area contributed by atoms with Gasteiger partial charge in [-0.2, -0.15) is 4.98 Å². The fourth-order valence-corrected chi connectivity index (χ4v) is 4.28. The number of rotatable bonds is 6. The van der Waals surface area contributed by atoms with Crippen LogP contribution in [-0.4, -0.2) is 45.5 Å². The van der Waals surface area contributed by atoms with Crippen molar-refractivity contribution in [3.05, 3.63) is 36.4 Å². The second-order valence-corrected chi connectivity index (χ2v) is 8.82. The lowest BCUT2D eigenvalue weighted by Gasteiger charge is -2.27. The Labute approximate surface area is 187 Å². The summed E-state index contributed by atoms with van der Waals surface area (Å²) in [4.78, 5) is 9.38. The first-order valence-corrected chi connectivity index (χ1v) is 11.4. The van der Waals surface area contributed by atoms with Gasteiger partial charge in [-0.15, -0.1) is 10.2 Å². The summed E-state index contributed by atoms with van der Waals surface area (Å²) in [6, 6.07) is 8.33. The normalized spacial score (nSPS) is 23.2. The molecule has 2 fully saturated rings. The van der Waals surface area contributed by atoms with Crippen LogP contribution in [0.15, 0.2) is 34.9 Å². The van der Waals surface area contributed by atoms with E-state index in [0.717, 1.165) is 48.5 Å². The zero-order valence-corrected chi connectivity index (χ0v) is 18.6. The van der Waals surface area contributed by atoms with Gasteiger partial charge in [0.05, 0.1) is 18.8 Å². The predicted octanol–water partition coefficient (Wildman–Crippen LogP) is 4.66. The van der Waals surface area contributed by atoms with E-state index in [1.165, 1.54) is 12.8 Å². The molecular formula is C24H29N5O3. The Bertz CT molecular complexity index is 1040. The van der Waals surface area contributed by atoms with Crippen LogP contribution in [0.2, 0.25) is 0 Å². The van der Waals surface area contributed by atoms with Gasteiger partial charge in [0, 0.05) is 31.1 Å². The van der Waals surface area contributed by atoms with Crippen LogP contribution in [0, 0.1) is 12.8 Å². The van der Waals surface area contributed by atoms with Crippen LogP contribution < -0.4 is 10.1 Å². The van der Waals surface area contributed by atoms with E-state index in [1.54, 1.807) is 6.92 Å². The molecule has 0 radical (unpaired) electrons. The number of aryl methyl sites for hydroxylation is 1. The van der Waals surface area contributed by atoms with Gasteiger partial charge >= 0.3 is 0 Å². The molecule has 5 rings (SSSR count). The zero-order chi connectivity index (χ0) is 21.9. The third-order valence-corrected chi connectivity index (χ3v) is 6.24. The molecule has 8 heteroatoms. The van der Waals surface area contributed by atoms with E-state index in [9.17, 15) is 0 Å². The fraction of sp³-hybridized carbons (Fsp3) is 0.500. The number of benzene rings is 1. The minimum absolute atomic E-state index is 0.00710. The largest absolute Gasteiger partial charge is 0.471 e. The standard InChI is InChI=1S/C24H29N5O3/c1-15-3-9-19(10-4-15)26-24-25-13-21(23(27-24)32-20-11-12-30-14-20)17-5-7-18(8-6-17)22-29-28-16(2)31-22/h5-8,13,15,19-20H,3-4,9-12,14H2,1-2H3,(H,25,26,27). The average molecular weight is 436 g/mol. The van der Waals surface area contributed by atoms with Crippen LogP contribution in [0.25, 0.3) is 22.6 Å². The highest BCUT2D eigenvalue weighted by Crippen LogP contribution is 2.33. The van der Waals surface area contributed by atoms with Crippen LogP contribution in [0.5, 0.6) is 5.88 Å². The molecule has 1 unspecified atom stereocenters. The molecule has 1 aliphatic carbocycles. The van der Waals surface area contributed by atoms with Crippen molar-refractivity contribution in [3.8, 4) is 28.5 Å². The molecular weight excluding hydrogens is 406 g/mol. The van der Waals surface area contributed by atoms with Crippen molar-refractivity contribution in [2.75, 3.05) is 18.5 Å². The molecule has 0 spiro atoms. The molecule has 8 nitrogen and oxygen atoms in total. The molecule has 3 heterocycles. The molecule has 2 aromatic heterocycles. The molecule has 1 atom stereocenters. The molecule has 32 heavy (non-hydrogen) atoms. The minimum Gasteiger partial charge on any atom is -0.471 e. The van der Waals surface area contributed by atoms with E-state index in [1.807, 2.05) is 30.5 Å². The molecule has 1 aliphatic heterocycles. The van der Waals surface area contributed by atoms with Crippen molar-refractivity contribution >= 4 is 5.95 Å². The molecule has 1 aromatic carbocycles. The summed E-state index contributed by atoms with van der Waals surface area (Å²) in [5, 5.41) is 11.5. The Kier molecular flexibility index (Phi) is 6.03. The van der Waals surface area contributed by atoms with Crippen molar-refractivity contribution in [3.63, 3.8) is 0 Å². The Morgan fingerprint density at radius 2 is 1.78 bits per heavy atom. The quantitative estimate of drug-likeness (QED) is 0.597. The highest BCUT2D eigenvalue weighted by atomic mass is 16.5. The maximum Gasteiger partial charge on any atom is 0.247 e. The summed E-state index contributed by atoms with van der Waals surface area (Å²) < 4.78 is 17.3. The summed E-state index contributed by atoms with van der Waals surface area (Å²) >= 11 is 0. The van der Waals surface area contributed by atoms with E-state index in [4.69, 9.17) is 18.9 Å². The average Bonchev–Trinajstić information content (AvgIpc) is 3.48. The van der Waals surface area contributed by atoms with Crippen molar-refractivity contribution in [2.45, 2.75) is 58.1 Å². The summed E-state index contributed by atoms with van der Waals surface area (Å²) in [5.74, 6) is 3.06. The van der Waals surface area contributed by atoms with Crippen LogP contribution in [0.3, 0.4) is 0 Å². The van der Waals surface area contributed by atoms with Crippen LogP contribution >= 0.6 is 0 Å². The van der Waals surface area contributed by atoms with E-state index in [0.29, 0.717) is 36.3 Å². The second kappa shape index (κ2) is 9.24. The smallest absolute Gasteiger partial charge is 0.247 e. The Morgan fingerprint density at radius 1 is 1.00 bits per heavy atom. The lowest BCUT2D eigenvalue weighted by atomic mass is 9.87. The molecule has 168 valence electrons. The van der Waals surface area contributed by atoms with Crippen LogP contribution in [0.4, 0.5) is 5.95 Å². The maximum absolute atomic E-state index is 6.27. The number of hydrogen-bond donors (Lipinski definition) is 1. The van der Waals surface area contributed by atoms with Gasteiger partial charge in [0.1, 0.15) is 6.10 Å². The van der Waals surface area contributed by atoms with Crippen molar-refractivity contribution in [1.29, 1.82) is 0 Å². The second-order valence-electron chi connectivity index (χ2n) is 8.82. The van der Waals surface area contributed by atoms with E-state index >= 15 is 0 Å². The minimum atomic E-state index is 0.00710. The highest BCUT2D eigenvalue weighted by Gasteiger charge is 2.23. The first kappa shape index (κ1) is 20.9. The van der Waals surface area contributed by atoms with E-state index in [2.05, 4.69) is 27.4 Å². The predicted molar refractivity (Wildman–Crippen MR) is 120 cm³/mol. The van der Waals surface area contributed by atoms with Gasteiger partial charge in [-0.1, -0.05) is 19.1 Å². The summed E-state index contributed by atoms with van der Waals surface area (Å²) in [7, 11) is 0. The van der Waals surface area contributed by atoms with Gasteiger partial charge in [0.15, 0.2) is 0 Å². The van der Waals surface area contributed by atoms with Gasteiger partial charge in [-0.3, -0.25) is 0 Å². The summed E-state index contributed by atoms with van der Waals surface area (Å²) in [5.41, 5.74) is 2.69. The first-order valence-electron chi connectivity index (χ1n) is 11.4. The van der Waals surface area contributed by atoms with Gasteiger partial charge < -0.3 is 19.2 Å². The highest BCUT2D eigenvalue weighted by molar-refractivity contribution is 5.71. The van der Waals surface area contributed by atoms with Crippen molar-refractivity contribution in [2.24, 2.45) is 5.92 Å². The van der Waals surface area contributed by atoms with Crippen LogP contribution in [0.1, 0.15) is 44.9 Å². The van der Waals surface area contributed by atoms with E-state index < -0.39 is 0 Å². The van der Waals surface area contributed by atoms with Gasteiger partial charge in [0.25, 0.3) is 0 Å². The number of nitrogens with one attached hydrogen (secondary N) is 1. The Hall–Kier alpha value is -3.00. The molecule has 3 aromatic rings. The molecule has 2 aliphatic rings. The SMILES string of the molecule is Cc1nnc(-c2ccc(-c3cnc(NC4CCC(C)CC4)nc3OC3CCOC3)cc2)o1. The molecule has 1 saturated heterocycles. The van der Waals surface area contributed by atoms with E-state index in [-0.39, 0.29) is 6.10 Å². The molecule has 1 N–H and O–H groups in total. The Balaban J connectivity index is 1.39. The maximum atomic E-state index is 6.27. The van der Waals surface area contributed by atoms with Crippen LogP contribution in [-0.2, 0) is 4.74 Å². The lowest BCUT2D eigenvalue weighted by molar-refractivity contribution is 0.138. The zero-order valence-electron chi connectivity index (χ0n) is 18.6. The topological polar surface area (TPSA) is 95.2 Å². The number of hydrogen-bond acceptors (Lipinski definition) is 8. The lowest BCUT2D eigenvalue weighted by Crippen LogP contribution is -2.26. The first-order chi connectivity index (χ1) is 15.6. The third-order valence-electron chi connectivity index (χ3n) is 6.24. The molecule has 1 saturated carbocycles. The molecule has 0 bridgehead atoms. The number of anilines is 1. The Morgan fingerprint density at radius 3 is 2.47 bits per heavy atom. The molecule has 0 amide bonds.